The second-order valence-corrected chi connectivity index (χ2v) is 11.0. The highest BCUT2D eigenvalue weighted by molar-refractivity contribution is 7.14. The van der Waals surface area contributed by atoms with Gasteiger partial charge in [-0.15, -0.1) is 11.3 Å². The summed E-state index contributed by atoms with van der Waals surface area (Å²) in [5, 5.41) is 10.1. The fourth-order valence-electron chi connectivity index (χ4n) is 5.57. The van der Waals surface area contributed by atoms with Gasteiger partial charge in [0, 0.05) is 22.8 Å². The number of carbonyl (C=O) groups is 2. The van der Waals surface area contributed by atoms with Gasteiger partial charge in [-0.2, -0.15) is 0 Å². The predicted octanol–water partition coefficient (Wildman–Crippen LogP) is 5.82. The first-order chi connectivity index (χ1) is 15.5. The minimum absolute atomic E-state index is 0.0153. The van der Waals surface area contributed by atoms with E-state index in [0.29, 0.717) is 29.6 Å². The van der Waals surface area contributed by atoms with E-state index in [9.17, 15) is 14.7 Å². The van der Waals surface area contributed by atoms with Gasteiger partial charge in [0.1, 0.15) is 4.88 Å². The van der Waals surface area contributed by atoms with E-state index in [1.54, 1.807) is 0 Å². The van der Waals surface area contributed by atoms with Crippen molar-refractivity contribution in [3.8, 4) is 0 Å². The number of carbonyl (C=O) groups excluding carboxylic acids is 2. The third-order valence-corrected chi connectivity index (χ3v) is 8.85. The summed E-state index contributed by atoms with van der Waals surface area (Å²) in [5.74, 6) is 0.788. The summed E-state index contributed by atoms with van der Waals surface area (Å²) in [5.41, 5.74) is 0.737. The first kappa shape index (κ1) is 23.5. The predicted molar refractivity (Wildman–Crippen MR) is 128 cm³/mol. The highest BCUT2D eigenvalue weighted by Gasteiger charge is 2.37. The lowest BCUT2D eigenvalue weighted by Crippen LogP contribution is -2.47. The lowest BCUT2D eigenvalue weighted by Gasteiger charge is -2.39. The Kier molecular flexibility index (Phi) is 7.72. The topological polar surface area (TPSA) is 66.8 Å². The number of methoxy groups -OCH3 is 1. The molecular formula is C26H37NO4S. The quantitative estimate of drug-likeness (QED) is 0.445. The maximum absolute atomic E-state index is 13.9. The minimum atomic E-state index is -0.359. The molecule has 1 N–H and O–H groups in total. The second-order valence-electron chi connectivity index (χ2n) is 9.95. The van der Waals surface area contributed by atoms with Gasteiger partial charge in [0.25, 0.3) is 0 Å². The molecule has 6 heteroatoms. The van der Waals surface area contributed by atoms with Crippen molar-refractivity contribution in [1.82, 2.24) is 0 Å². The number of nitrogens with zero attached hydrogens (tertiary/aromatic N) is 1. The molecule has 2 saturated carbocycles. The van der Waals surface area contributed by atoms with E-state index < -0.39 is 0 Å². The van der Waals surface area contributed by atoms with Crippen LogP contribution in [0.15, 0.2) is 18.2 Å². The molecule has 0 aromatic carbocycles. The molecule has 1 amide bonds. The van der Waals surface area contributed by atoms with E-state index >= 15 is 0 Å². The van der Waals surface area contributed by atoms with Gasteiger partial charge in [-0.3, -0.25) is 4.79 Å². The molecule has 0 aliphatic heterocycles. The van der Waals surface area contributed by atoms with Crippen molar-refractivity contribution in [1.29, 1.82) is 0 Å². The number of thiophene rings is 1. The Morgan fingerprint density at radius 3 is 2.41 bits per heavy atom. The van der Waals surface area contributed by atoms with Crippen LogP contribution in [0.3, 0.4) is 0 Å². The standard InChI is InChI=1S/C26H37NO4S/c1-17-8-10-19(11-9-17)25(29)27(20-12-14-21(28)15-13-20)22-16-23(18-6-4-3-5-7-18)32-24(22)26(30)31-2/h4,6,16-21,28H,3,5,7-15H2,1-2H3. The summed E-state index contributed by atoms with van der Waals surface area (Å²) in [7, 11) is 1.41. The maximum atomic E-state index is 13.9. The van der Waals surface area contributed by atoms with Gasteiger partial charge in [0.05, 0.1) is 18.9 Å². The molecule has 0 saturated heterocycles. The van der Waals surface area contributed by atoms with Crippen LogP contribution < -0.4 is 4.90 Å². The first-order valence-corrected chi connectivity index (χ1v) is 13.2. The number of aliphatic hydroxyl groups excluding tert-OH is 1. The van der Waals surface area contributed by atoms with Crippen LogP contribution >= 0.6 is 11.3 Å². The molecule has 1 atom stereocenters. The molecule has 2 fully saturated rings. The number of anilines is 1. The van der Waals surface area contributed by atoms with E-state index in [-0.39, 0.29) is 29.9 Å². The molecule has 32 heavy (non-hydrogen) atoms. The zero-order chi connectivity index (χ0) is 22.7. The molecule has 0 bridgehead atoms. The molecule has 3 aliphatic carbocycles. The molecule has 1 heterocycles. The van der Waals surface area contributed by atoms with Crippen LogP contribution in [0, 0.1) is 11.8 Å². The molecular weight excluding hydrogens is 422 g/mol. The SMILES string of the molecule is COC(=O)c1sc(C2C=CCCC2)cc1N(C(=O)C1CCC(C)CC1)C1CCC(O)CC1. The highest BCUT2D eigenvalue weighted by Crippen LogP contribution is 2.42. The summed E-state index contributed by atoms with van der Waals surface area (Å²) in [6, 6.07) is 2.11. The Balaban J connectivity index is 1.71. The number of hydrogen-bond acceptors (Lipinski definition) is 5. The van der Waals surface area contributed by atoms with Crippen molar-refractivity contribution in [2.45, 2.75) is 95.6 Å². The third kappa shape index (κ3) is 5.12. The smallest absolute Gasteiger partial charge is 0.350 e. The summed E-state index contributed by atoms with van der Waals surface area (Å²) < 4.78 is 5.15. The number of amides is 1. The summed E-state index contributed by atoms with van der Waals surface area (Å²) in [6.45, 7) is 2.26. The van der Waals surface area contributed by atoms with Crippen molar-refractivity contribution in [2.75, 3.05) is 12.0 Å². The van der Waals surface area contributed by atoms with E-state index in [1.807, 2.05) is 4.90 Å². The lowest BCUT2D eigenvalue weighted by atomic mass is 9.81. The Morgan fingerprint density at radius 2 is 1.78 bits per heavy atom. The van der Waals surface area contributed by atoms with Crippen LogP contribution in [-0.4, -0.2) is 36.2 Å². The van der Waals surface area contributed by atoms with Crippen LogP contribution in [-0.2, 0) is 9.53 Å². The molecule has 176 valence electrons. The van der Waals surface area contributed by atoms with Crippen molar-refractivity contribution in [3.05, 3.63) is 28.0 Å². The van der Waals surface area contributed by atoms with Crippen molar-refractivity contribution in [2.24, 2.45) is 11.8 Å². The molecule has 1 aromatic rings. The monoisotopic (exact) mass is 459 g/mol. The third-order valence-electron chi connectivity index (χ3n) is 7.62. The van der Waals surface area contributed by atoms with Gasteiger partial charge >= 0.3 is 5.97 Å². The van der Waals surface area contributed by atoms with Gasteiger partial charge in [0.2, 0.25) is 5.91 Å². The highest BCUT2D eigenvalue weighted by atomic mass is 32.1. The molecule has 0 spiro atoms. The van der Waals surface area contributed by atoms with Gasteiger partial charge in [0.15, 0.2) is 0 Å². The number of aliphatic hydroxyl groups is 1. The molecule has 5 nitrogen and oxygen atoms in total. The fourth-order valence-corrected chi connectivity index (χ4v) is 6.75. The van der Waals surface area contributed by atoms with Gasteiger partial charge in [-0.05, 0) is 82.6 Å². The average Bonchev–Trinajstić information content (AvgIpc) is 3.26. The summed E-state index contributed by atoms with van der Waals surface area (Å²) in [4.78, 5) is 30.4. The van der Waals surface area contributed by atoms with Crippen LogP contribution in [0.1, 0.15) is 98.0 Å². The number of allylic oxidation sites excluding steroid dienone is 2. The zero-order valence-electron chi connectivity index (χ0n) is 19.4. The van der Waals surface area contributed by atoms with Crippen molar-refractivity contribution < 1.29 is 19.4 Å². The Labute approximate surface area is 195 Å². The Hall–Kier alpha value is -1.66. The van der Waals surface area contributed by atoms with Crippen molar-refractivity contribution in [3.63, 3.8) is 0 Å². The number of ether oxygens (including phenoxy) is 1. The van der Waals surface area contributed by atoms with Crippen LogP contribution in [0.4, 0.5) is 5.69 Å². The second kappa shape index (κ2) is 10.5. The first-order valence-electron chi connectivity index (χ1n) is 12.4. The fraction of sp³-hybridized carbons (Fsp3) is 0.692. The normalized spacial score (nSPS) is 30.7. The van der Waals surface area contributed by atoms with Gasteiger partial charge in [-0.1, -0.05) is 19.1 Å². The lowest BCUT2D eigenvalue weighted by molar-refractivity contribution is -0.124. The number of hydrogen-bond donors (Lipinski definition) is 1. The summed E-state index contributed by atoms with van der Waals surface area (Å²) >= 11 is 1.49. The van der Waals surface area contributed by atoms with E-state index in [4.69, 9.17) is 4.74 Å². The van der Waals surface area contributed by atoms with Crippen molar-refractivity contribution >= 4 is 28.9 Å². The Morgan fingerprint density at radius 1 is 1.06 bits per heavy atom. The molecule has 0 radical (unpaired) electrons. The molecule has 4 rings (SSSR count). The van der Waals surface area contributed by atoms with E-state index in [1.165, 1.54) is 18.4 Å². The zero-order valence-corrected chi connectivity index (χ0v) is 20.2. The van der Waals surface area contributed by atoms with Crippen LogP contribution in [0.2, 0.25) is 0 Å². The van der Waals surface area contributed by atoms with E-state index in [2.05, 4.69) is 25.1 Å². The van der Waals surface area contributed by atoms with Gasteiger partial charge in [-0.25, -0.2) is 4.79 Å². The van der Waals surface area contributed by atoms with Crippen LogP contribution in [0.5, 0.6) is 0 Å². The number of esters is 1. The van der Waals surface area contributed by atoms with Crippen LogP contribution in [0.25, 0.3) is 0 Å². The maximum Gasteiger partial charge on any atom is 0.350 e. The Bertz CT molecular complexity index is 831. The summed E-state index contributed by atoms with van der Waals surface area (Å²) in [6.07, 6.45) is 14.4. The molecule has 1 unspecified atom stereocenters. The number of rotatable bonds is 5. The van der Waals surface area contributed by atoms with E-state index in [0.717, 1.165) is 68.4 Å². The largest absolute Gasteiger partial charge is 0.465 e. The average molecular weight is 460 g/mol. The molecule has 3 aliphatic rings. The molecule has 1 aromatic heterocycles. The minimum Gasteiger partial charge on any atom is -0.465 e. The van der Waals surface area contributed by atoms with Gasteiger partial charge < -0.3 is 14.7 Å².